The predicted molar refractivity (Wildman–Crippen MR) is 99.5 cm³/mol. The van der Waals surface area contributed by atoms with Crippen molar-refractivity contribution >= 4 is 9.84 Å². The highest BCUT2D eigenvalue weighted by atomic mass is 32.2. The van der Waals surface area contributed by atoms with Gasteiger partial charge in [-0.25, -0.2) is 12.8 Å². The Balaban J connectivity index is 1.65. The molecule has 4 rings (SSSR count). The second-order valence-electron chi connectivity index (χ2n) is 7.51. The summed E-state index contributed by atoms with van der Waals surface area (Å²) in [6.07, 6.45) is 5.67. The lowest BCUT2D eigenvalue weighted by Crippen LogP contribution is -2.45. The Bertz CT molecular complexity index is 907. The van der Waals surface area contributed by atoms with E-state index < -0.39 is 15.7 Å². The fourth-order valence-corrected chi connectivity index (χ4v) is 5.49. The minimum atomic E-state index is -3.99. The van der Waals surface area contributed by atoms with Crippen LogP contribution in [0.15, 0.2) is 45.9 Å². The molecule has 2 saturated heterocycles. The molecule has 2 heterocycles. The molecule has 1 N–H and O–H groups in total. The molecule has 0 amide bonds. The lowest BCUT2D eigenvalue weighted by Gasteiger charge is -2.27. The SMILES string of the molecule is CC(C)Oc1cccc(S(=O)(=O)C2=CCC3C(=C2)OC2CCCNC23)c1F. The molecule has 1 aromatic carbocycles. The van der Waals surface area contributed by atoms with Crippen LogP contribution >= 0.6 is 0 Å². The molecule has 2 fully saturated rings. The lowest BCUT2D eigenvalue weighted by molar-refractivity contribution is 0.115. The quantitative estimate of drug-likeness (QED) is 0.850. The summed E-state index contributed by atoms with van der Waals surface area (Å²) in [5.41, 5.74) is 0. The van der Waals surface area contributed by atoms with E-state index in [1.165, 1.54) is 18.2 Å². The van der Waals surface area contributed by atoms with Gasteiger partial charge in [0.05, 0.1) is 17.1 Å². The Kier molecular flexibility index (Phi) is 4.76. The Hall–Kier alpha value is -1.86. The molecule has 3 unspecified atom stereocenters. The van der Waals surface area contributed by atoms with Crippen LogP contribution in [-0.2, 0) is 14.6 Å². The van der Waals surface area contributed by atoms with Crippen LogP contribution in [0.25, 0.3) is 0 Å². The van der Waals surface area contributed by atoms with Crippen LogP contribution in [0.4, 0.5) is 4.39 Å². The van der Waals surface area contributed by atoms with E-state index in [2.05, 4.69) is 5.32 Å². The number of rotatable bonds is 4. The molecule has 0 saturated carbocycles. The van der Waals surface area contributed by atoms with E-state index in [9.17, 15) is 12.8 Å². The standard InChI is InChI=1S/C20H24FNO4S/c1-12(2)25-15-5-3-7-18(19(15)21)27(23,24)13-8-9-14-17(11-13)26-16-6-4-10-22-20(14)16/h3,5,7-8,11-12,14,16,20,22H,4,6,9-10H2,1-2H3. The van der Waals surface area contributed by atoms with E-state index in [1.807, 2.05) is 0 Å². The van der Waals surface area contributed by atoms with Crippen molar-refractivity contribution in [3.05, 3.63) is 46.8 Å². The third kappa shape index (κ3) is 3.27. The number of nitrogens with one attached hydrogen (secondary N) is 1. The number of benzene rings is 1. The Morgan fingerprint density at radius 2 is 2.15 bits per heavy atom. The summed E-state index contributed by atoms with van der Waals surface area (Å²) in [6, 6.07) is 4.44. The van der Waals surface area contributed by atoms with Crippen LogP contribution in [0.3, 0.4) is 0 Å². The summed E-state index contributed by atoms with van der Waals surface area (Å²) in [5.74, 6) is -0.0687. The van der Waals surface area contributed by atoms with Crippen molar-refractivity contribution in [2.75, 3.05) is 6.54 Å². The van der Waals surface area contributed by atoms with Crippen LogP contribution in [0.1, 0.15) is 33.1 Å². The number of hydrogen-bond donors (Lipinski definition) is 1. The first-order valence-electron chi connectivity index (χ1n) is 9.40. The summed E-state index contributed by atoms with van der Waals surface area (Å²) in [6.45, 7) is 4.48. The Morgan fingerprint density at radius 3 is 2.93 bits per heavy atom. The molecule has 0 spiro atoms. The van der Waals surface area contributed by atoms with Gasteiger partial charge in [-0.3, -0.25) is 0 Å². The number of halogens is 1. The highest BCUT2D eigenvalue weighted by Gasteiger charge is 2.44. The molecular formula is C20H24FNO4S. The van der Waals surface area contributed by atoms with Crippen molar-refractivity contribution in [2.45, 2.75) is 56.3 Å². The van der Waals surface area contributed by atoms with E-state index in [1.54, 1.807) is 26.0 Å². The van der Waals surface area contributed by atoms with E-state index >= 15 is 0 Å². The molecule has 1 aliphatic carbocycles. The zero-order valence-electron chi connectivity index (χ0n) is 15.4. The molecule has 7 heteroatoms. The molecule has 0 aromatic heterocycles. The van der Waals surface area contributed by atoms with Gasteiger partial charge in [0.1, 0.15) is 16.8 Å². The monoisotopic (exact) mass is 393 g/mol. The first-order valence-corrected chi connectivity index (χ1v) is 10.9. The fourth-order valence-electron chi connectivity index (χ4n) is 4.06. The first kappa shape index (κ1) is 18.5. The average molecular weight is 393 g/mol. The van der Waals surface area contributed by atoms with Gasteiger partial charge in [0.25, 0.3) is 0 Å². The van der Waals surface area contributed by atoms with Crippen molar-refractivity contribution in [3.8, 4) is 5.75 Å². The smallest absolute Gasteiger partial charge is 0.209 e. The van der Waals surface area contributed by atoms with Gasteiger partial charge >= 0.3 is 0 Å². The summed E-state index contributed by atoms with van der Waals surface area (Å²) in [5, 5.41) is 3.48. The van der Waals surface area contributed by atoms with E-state index in [0.717, 1.165) is 19.4 Å². The number of piperidine rings is 1. The molecule has 146 valence electrons. The number of fused-ring (bicyclic) bond motifs is 3. The minimum Gasteiger partial charge on any atom is -0.493 e. The van der Waals surface area contributed by atoms with Gasteiger partial charge in [-0.2, -0.15) is 0 Å². The second kappa shape index (κ2) is 6.95. The van der Waals surface area contributed by atoms with Crippen LogP contribution in [-0.4, -0.2) is 33.2 Å². The maximum Gasteiger partial charge on any atom is 0.209 e. The summed E-state index contributed by atoms with van der Waals surface area (Å²) < 4.78 is 52.3. The van der Waals surface area contributed by atoms with Crippen molar-refractivity contribution in [3.63, 3.8) is 0 Å². The first-order chi connectivity index (χ1) is 12.9. The van der Waals surface area contributed by atoms with Gasteiger partial charge in [-0.05, 0) is 57.9 Å². The lowest BCUT2D eigenvalue weighted by atomic mass is 9.87. The molecule has 0 bridgehead atoms. The molecule has 3 atom stereocenters. The molecule has 3 aliphatic rings. The van der Waals surface area contributed by atoms with Gasteiger partial charge in [0, 0.05) is 5.92 Å². The maximum absolute atomic E-state index is 14.8. The van der Waals surface area contributed by atoms with Gasteiger partial charge in [-0.1, -0.05) is 12.1 Å². The van der Waals surface area contributed by atoms with Gasteiger partial charge < -0.3 is 14.8 Å². The van der Waals surface area contributed by atoms with Crippen molar-refractivity contribution in [1.82, 2.24) is 5.32 Å². The van der Waals surface area contributed by atoms with Crippen LogP contribution in [0, 0.1) is 11.7 Å². The highest BCUT2D eigenvalue weighted by Crippen LogP contribution is 2.42. The molecule has 27 heavy (non-hydrogen) atoms. The van der Waals surface area contributed by atoms with Crippen LogP contribution < -0.4 is 10.1 Å². The molecule has 2 aliphatic heterocycles. The molecule has 5 nitrogen and oxygen atoms in total. The fraction of sp³-hybridized carbons (Fsp3) is 0.500. The number of sulfone groups is 1. The third-order valence-corrected chi connectivity index (χ3v) is 7.08. The third-order valence-electron chi connectivity index (χ3n) is 5.28. The van der Waals surface area contributed by atoms with Crippen LogP contribution in [0.5, 0.6) is 5.75 Å². The number of ether oxygens (including phenoxy) is 2. The Labute approximate surface area is 159 Å². The van der Waals surface area contributed by atoms with Gasteiger partial charge in [0.15, 0.2) is 11.6 Å². The number of allylic oxidation sites excluding steroid dienone is 2. The maximum atomic E-state index is 14.8. The van der Waals surface area contributed by atoms with E-state index in [-0.39, 0.29) is 39.7 Å². The second-order valence-corrected chi connectivity index (χ2v) is 9.43. The average Bonchev–Trinajstić information content (AvgIpc) is 3.00. The van der Waals surface area contributed by atoms with Crippen LogP contribution in [0.2, 0.25) is 0 Å². The van der Waals surface area contributed by atoms with Crippen molar-refractivity contribution < 1.29 is 22.3 Å². The van der Waals surface area contributed by atoms with E-state index in [4.69, 9.17) is 9.47 Å². The summed E-state index contributed by atoms with van der Waals surface area (Å²) in [4.78, 5) is -0.274. The van der Waals surface area contributed by atoms with E-state index in [0.29, 0.717) is 12.2 Å². The van der Waals surface area contributed by atoms with Crippen molar-refractivity contribution in [2.24, 2.45) is 5.92 Å². The Morgan fingerprint density at radius 1 is 1.33 bits per heavy atom. The minimum absolute atomic E-state index is 0.0552. The largest absolute Gasteiger partial charge is 0.493 e. The topological polar surface area (TPSA) is 64.6 Å². The molecule has 0 radical (unpaired) electrons. The molecule has 1 aromatic rings. The predicted octanol–water partition coefficient (Wildman–Crippen LogP) is 3.33. The zero-order valence-corrected chi connectivity index (χ0v) is 16.3. The summed E-state index contributed by atoms with van der Waals surface area (Å²) in [7, 11) is -3.99. The molecular weight excluding hydrogens is 369 g/mol. The number of hydrogen-bond acceptors (Lipinski definition) is 5. The normalized spacial score (nSPS) is 27.3. The summed E-state index contributed by atoms with van der Waals surface area (Å²) >= 11 is 0. The van der Waals surface area contributed by atoms with Gasteiger partial charge in [0.2, 0.25) is 9.84 Å². The van der Waals surface area contributed by atoms with Crippen molar-refractivity contribution in [1.29, 1.82) is 0 Å². The van der Waals surface area contributed by atoms with Gasteiger partial charge in [-0.15, -0.1) is 0 Å². The highest BCUT2D eigenvalue weighted by molar-refractivity contribution is 7.95. The zero-order chi connectivity index (χ0) is 19.2.